The zero-order valence-corrected chi connectivity index (χ0v) is 55.8. The van der Waals surface area contributed by atoms with E-state index in [-0.39, 0.29) is 5.75 Å². The Bertz CT molecular complexity index is 5990. The highest BCUT2D eigenvalue weighted by molar-refractivity contribution is 9.13. The molecule has 0 saturated carbocycles. The van der Waals surface area contributed by atoms with Gasteiger partial charge in [-0.1, -0.05) is 54.6 Å². The molecule has 0 aliphatic carbocycles. The normalized spacial score (nSPS) is 11.2. The summed E-state index contributed by atoms with van der Waals surface area (Å²) < 4.78 is 17.7. The summed E-state index contributed by atoms with van der Waals surface area (Å²) in [4.78, 5) is 51.6. The second-order valence-electron chi connectivity index (χ2n) is 21.2. The molecule has 0 radical (unpaired) electrons. The third-order valence-electron chi connectivity index (χ3n) is 15.5. The Balaban J connectivity index is 0.000000108. The van der Waals surface area contributed by atoms with E-state index >= 15 is 0 Å². The molecule has 4 aromatic carbocycles. The van der Waals surface area contributed by atoms with Crippen LogP contribution in [0.5, 0.6) is 17.4 Å². The van der Waals surface area contributed by atoms with Crippen LogP contribution in [0.15, 0.2) is 287 Å². The van der Waals surface area contributed by atoms with Crippen LogP contribution in [-0.2, 0) is 0 Å². The predicted octanol–water partition coefficient (Wildman–Crippen LogP) is 18.6. The van der Waals surface area contributed by atoms with Crippen LogP contribution >= 0.6 is 63.7 Å². The number of hydrogen-bond acceptors (Lipinski definition) is 13. The lowest BCUT2D eigenvalue weighted by Gasteiger charge is -2.10. The van der Waals surface area contributed by atoms with Gasteiger partial charge in [0.1, 0.15) is 58.1 Å². The van der Waals surface area contributed by atoms with Crippen molar-refractivity contribution in [3.05, 3.63) is 287 Å². The topological polar surface area (TPSA) is 206 Å². The number of aromatic hydroxyl groups is 1. The molecule has 95 heavy (non-hydrogen) atoms. The van der Waals surface area contributed by atoms with Gasteiger partial charge in [0.25, 0.3) is 0 Å². The lowest BCUT2D eigenvalue weighted by molar-refractivity contribution is 0.466. The fraction of sp³-hybridized carbons (Fsp3) is 0. The van der Waals surface area contributed by atoms with E-state index in [1.54, 1.807) is 55.5 Å². The van der Waals surface area contributed by atoms with E-state index < -0.39 is 0 Å². The van der Waals surface area contributed by atoms with Crippen LogP contribution in [0.1, 0.15) is 0 Å². The van der Waals surface area contributed by atoms with Gasteiger partial charge in [0.15, 0.2) is 11.3 Å². The molecule has 0 aliphatic heterocycles. The molecule has 15 heterocycles. The molecule has 19 rings (SSSR count). The smallest absolute Gasteiger partial charge is 0.219 e. The molecule has 18 nitrogen and oxygen atoms in total. The number of pyridine rings is 7. The number of nitrogens with one attached hydrogen (secondary N) is 1. The van der Waals surface area contributed by atoms with E-state index in [9.17, 15) is 5.11 Å². The SMILES string of the molecule is Brc1ccc2c(n1)c1cccn1c1nccnc21.Brc1cccc(-c2ccc[nH]2)n1.Brc1nccnc1Br.Oc1ccc2c3ccccc3n(-c3ccccn3)c2c1.c1ccc(-n2c3ccccc3c3ccc(Oc4ccc5c(n4)c4cccn4c4nccnc54)cc32)nc1. The van der Waals surface area contributed by atoms with Gasteiger partial charge in [0.2, 0.25) is 5.88 Å². The molecule has 15 aromatic heterocycles. The number of para-hydroxylation sites is 2. The first-order valence-electron chi connectivity index (χ1n) is 29.5. The van der Waals surface area contributed by atoms with Gasteiger partial charge in [0, 0.05) is 119 Å². The lowest BCUT2D eigenvalue weighted by atomic mass is 10.1. The molecule has 0 spiro atoms. The number of halogens is 4. The molecule has 0 amide bonds. The number of fused-ring (bicyclic) bond motifs is 18. The molecule has 0 fully saturated rings. The number of hydrogen-bond donors (Lipinski definition) is 2. The van der Waals surface area contributed by atoms with Gasteiger partial charge in [-0.3, -0.25) is 27.9 Å². The number of benzene rings is 4. The number of nitrogens with zero attached hydrogens (tertiary/aromatic N) is 15. The van der Waals surface area contributed by atoms with Gasteiger partial charge < -0.3 is 14.8 Å². The number of rotatable bonds is 5. The van der Waals surface area contributed by atoms with Crippen LogP contribution in [0, 0.1) is 0 Å². The van der Waals surface area contributed by atoms with Crippen molar-refractivity contribution in [1.82, 2.24) is 77.7 Å². The summed E-state index contributed by atoms with van der Waals surface area (Å²) in [7, 11) is 0. The number of phenolic OH excluding ortho intramolecular Hbond substituents is 1. The van der Waals surface area contributed by atoms with Crippen molar-refractivity contribution >= 4 is 162 Å². The molecule has 2 N–H and O–H groups in total. The van der Waals surface area contributed by atoms with E-state index in [1.165, 1.54) is 5.39 Å². The quantitative estimate of drug-likeness (QED) is 0.122. The Labute approximate surface area is 572 Å². The molecule has 0 bridgehead atoms. The summed E-state index contributed by atoms with van der Waals surface area (Å²) >= 11 is 13.1. The molecule has 22 heteroatoms. The van der Waals surface area contributed by atoms with E-state index in [1.807, 2.05) is 179 Å². The standard InChI is InChI=1S/C30H18N6O.C17H12N2O.C13H7BrN4.C9H7BrN2.C4H2Br2N2/c1-2-7-23-20(6-1)21-11-10-19(18-25(21)36(23)26-9-3-4-14-31-26)37-27-13-12-22-28(34-27)24-8-5-17-35(24)30-29(22)32-15-16-33-30;20-12-8-9-14-13-5-1-2-6-15(13)19(16(14)11-12)17-7-3-4-10-18-17;14-10-4-3-8-11(17-10)9-2-1-7-18(9)13-12(8)15-5-6-16-13;10-9-5-1-3-8(12-9)7-4-2-6-11-7;5-3-4(6)8-2-1-7-3/h1-18H;1-11,20H;1-7H;1-6,11H;1-2H. The molecule has 0 unspecified atom stereocenters. The van der Waals surface area contributed by atoms with Gasteiger partial charge in [-0.2, -0.15) is 0 Å². The number of H-pyrrole nitrogens is 1. The van der Waals surface area contributed by atoms with Crippen LogP contribution in [0.4, 0.5) is 0 Å². The summed E-state index contributed by atoms with van der Waals surface area (Å²) in [6, 6.07) is 65.6. The van der Waals surface area contributed by atoms with E-state index in [0.717, 1.165) is 135 Å². The Morgan fingerprint density at radius 2 is 0.874 bits per heavy atom. The molecule has 0 atom stereocenters. The van der Waals surface area contributed by atoms with Crippen molar-refractivity contribution in [2.75, 3.05) is 0 Å². The number of ether oxygens (including phenoxy) is 1. The average molecular weight is 1500 g/mol. The summed E-state index contributed by atoms with van der Waals surface area (Å²) in [6.07, 6.45) is 19.5. The fourth-order valence-electron chi connectivity index (χ4n) is 11.5. The fourth-order valence-corrected chi connectivity index (χ4v) is 12.6. The molecule has 0 saturated heterocycles. The third-order valence-corrected chi connectivity index (χ3v) is 18.1. The zero-order chi connectivity index (χ0) is 64.4. The highest BCUT2D eigenvalue weighted by Gasteiger charge is 2.18. The maximum absolute atomic E-state index is 9.79. The van der Waals surface area contributed by atoms with Gasteiger partial charge in [-0.05, 0) is 191 Å². The van der Waals surface area contributed by atoms with E-state index in [4.69, 9.17) is 9.72 Å². The Morgan fingerprint density at radius 3 is 1.45 bits per heavy atom. The van der Waals surface area contributed by atoms with Gasteiger partial charge in [0.05, 0.1) is 50.0 Å². The average Bonchev–Trinajstić information content (AvgIpc) is 1.76. The second kappa shape index (κ2) is 26.4. The van der Waals surface area contributed by atoms with Crippen molar-refractivity contribution in [2.45, 2.75) is 0 Å². The van der Waals surface area contributed by atoms with Crippen LogP contribution in [0.25, 0.3) is 122 Å². The van der Waals surface area contributed by atoms with Crippen molar-refractivity contribution < 1.29 is 9.84 Å². The summed E-state index contributed by atoms with van der Waals surface area (Å²) in [5.41, 5.74) is 13.3. The Hall–Kier alpha value is -11.2. The Morgan fingerprint density at radius 1 is 0.358 bits per heavy atom. The van der Waals surface area contributed by atoms with Crippen molar-refractivity contribution in [3.8, 4) is 40.4 Å². The highest BCUT2D eigenvalue weighted by Crippen LogP contribution is 2.37. The van der Waals surface area contributed by atoms with E-state index in [0.29, 0.717) is 11.6 Å². The first kappa shape index (κ1) is 60.1. The van der Waals surface area contributed by atoms with Crippen LogP contribution in [-0.4, -0.2) is 82.8 Å². The maximum atomic E-state index is 9.79. The largest absolute Gasteiger partial charge is 0.508 e. The second-order valence-corrected chi connectivity index (χ2v) is 24.3. The minimum absolute atomic E-state index is 0.262. The molecule has 19 aromatic rings. The summed E-state index contributed by atoms with van der Waals surface area (Å²) in [6.45, 7) is 0. The first-order valence-corrected chi connectivity index (χ1v) is 32.7. The summed E-state index contributed by atoms with van der Waals surface area (Å²) in [5, 5.41) is 16.3. The monoisotopic (exact) mass is 1490 g/mol. The van der Waals surface area contributed by atoms with Gasteiger partial charge >= 0.3 is 0 Å². The molecular weight excluding hydrogens is 1450 g/mol. The summed E-state index contributed by atoms with van der Waals surface area (Å²) in [5.74, 6) is 3.19. The Kier molecular flexibility index (Phi) is 16.7. The lowest BCUT2D eigenvalue weighted by Crippen LogP contribution is -1.97. The number of aromatic amines is 1. The van der Waals surface area contributed by atoms with Crippen LogP contribution in [0.2, 0.25) is 0 Å². The highest BCUT2D eigenvalue weighted by atomic mass is 79.9. The van der Waals surface area contributed by atoms with Crippen molar-refractivity contribution in [2.24, 2.45) is 0 Å². The van der Waals surface area contributed by atoms with Crippen LogP contribution < -0.4 is 4.74 Å². The van der Waals surface area contributed by atoms with Crippen molar-refractivity contribution in [1.29, 1.82) is 0 Å². The molecule has 458 valence electrons. The zero-order valence-electron chi connectivity index (χ0n) is 49.5. The predicted molar refractivity (Wildman–Crippen MR) is 387 cm³/mol. The first-order chi connectivity index (χ1) is 46.7. The molecule has 0 aliphatic rings. The molecular formula is C73H46Br4N16O2. The minimum Gasteiger partial charge on any atom is -0.508 e. The van der Waals surface area contributed by atoms with E-state index in [2.05, 4.69) is 170 Å². The number of aromatic nitrogens is 16. The van der Waals surface area contributed by atoms with Gasteiger partial charge in [-0.15, -0.1) is 0 Å². The maximum Gasteiger partial charge on any atom is 0.219 e. The van der Waals surface area contributed by atoms with Gasteiger partial charge in [-0.25, -0.2) is 44.9 Å². The third kappa shape index (κ3) is 11.9. The minimum atomic E-state index is 0.262. The number of phenols is 1. The van der Waals surface area contributed by atoms with Crippen molar-refractivity contribution in [3.63, 3.8) is 0 Å². The van der Waals surface area contributed by atoms with Crippen LogP contribution in [0.3, 0.4) is 0 Å².